The molecule has 0 heterocycles. The van der Waals surface area contributed by atoms with Crippen molar-refractivity contribution < 1.29 is 4.79 Å². The lowest BCUT2D eigenvalue weighted by molar-refractivity contribution is -0.123. The lowest BCUT2D eigenvalue weighted by Crippen LogP contribution is -2.45. The highest BCUT2D eigenvalue weighted by Gasteiger charge is 2.46. The van der Waals surface area contributed by atoms with Crippen molar-refractivity contribution in [1.29, 1.82) is 0 Å². The Kier molecular flexibility index (Phi) is 2.66. The van der Waals surface area contributed by atoms with Gasteiger partial charge in [-0.05, 0) is 17.8 Å². The zero-order valence-corrected chi connectivity index (χ0v) is 8.92. The number of carbonyl (C=O) groups excluding carboxylic acids is 1. The van der Waals surface area contributed by atoms with Crippen LogP contribution in [0.15, 0.2) is 0 Å². The molecule has 0 spiro atoms. The smallest absolute Gasteiger partial charge is 0.237 e. The maximum atomic E-state index is 11.5. The van der Waals surface area contributed by atoms with Gasteiger partial charge in [-0.3, -0.25) is 4.79 Å². The Bertz CT molecular complexity index is 211. The molecule has 1 saturated carbocycles. The summed E-state index contributed by atoms with van der Waals surface area (Å²) in [5, 5.41) is 2.96. The molecule has 0 aliphatic heterocycles. The summed E-state index contributed by atoms with van der Waals surface area (Å²) in [5.74, 6) is 0.201. The van der Waals surface area contributed by atoms with E-state index in [-0.39, 0.29) is 23.3 Å². The van der Waals surface area contributed by atoms with Crippen molar-refractivity contribution in [3.05, 3.63) is 0 Å². The second-order valence-electron chi connectivity index (χ2n) is 5.02. The van der Waals surface area contributed by atoms with E-state index in [2.05, 4.69) is 19.2 Å². The molecule has 3 heteroatoms. The Morgan fingerprint density at radius 3 is 2.31 bits per heavy atom. The Morgan fingerprint density at radius 2 is 2.00 bits per heavy atom. The van der Waals surface area contributed by atoms with Gasteiger partial charge in [0.2, 0.25) is 5.91 Å². The molecule has 76 valence electrons. The van der Waals surface area contributed by atoms with Gasteiger partial charge in [-0.2, -0.15) is 0 Å². The average Bonchev–Trinajstić information content (AvgIpc) is 2.56. The van der Waals surface area contributed by atoms with E-state index in [1.807, 2.05) is 13.8 Å². The van der Waals surface area contributed by atoms with Gasteiger partial charge in [-0.1, -0.05) is 27.7 Å². The van der Waals surface area contributed by atoms with E-state index < -0.39 is 0 Å². The first-order valence-electron chi connectivity index (χ1n) is 4.90. The fourth-order valence-electron chi connectivity index (χ4n) is 1.28. The van der Waals surface area contributed by atoms with E-state index in [0.29, 0.717) is 6.04 Å². The summed E-state index contributed by atoms with van der Waals surface area (Å²) in [6.07, 6.45) is 1.07. The molecule has 1 aliphatic rings. The molecule has 1 unspecified atom stereocenters. The largest absolute Gasteiger partial charge is 0.351 e. The van der Waals surface area contributed by atoms with Crippen molar-refractivity contribution in [3.63, 3.8) is 0 Å². The van der Waals surface area contributed by atoms with Crippen LogP contribution in [-0.4, -0.2) is 18.0 Å². The third-order valence-corrected chi connectivity index (χ3v) is 2.85. The number of amides is 1. The second-order valence-corrected chi connectivity index (χ2v) is 5.02. The Labute approximate surface area is 80.1 Å². The van der Waals surface area contributed by atoms with Gasteiger partial charge in [0.15, 0.2) is 0 Å². The molecule has 1 aliphatic carbocycles. The predicted octanol–water partition coefficient (Wildman–Crippen LogP) is 0.884. The van der Waals surface area contributed by atoms with Gasteiger partial charge in [0, 0.05) is 6.04 Å². The van der Waals surface area contributed by atoms with E-state index in [9.17, 15) is 4.79 Å². The summed E-state index contributed by atoms with van der Waals surface area (Å²) in [4.78, 5) is 11.5. The number of hydrogen-bond donors (Lipinski definition) is 2. The van der Waals surface area contributed by atoms with Gasteiger partial charge in [-0.25, -0.2) is 0 Å². The van der Waals surface area contributed by atoms with Gasteiger partial charge in [0.05, 0.1) is 6.04 Å². The highest BCUT2D eigenvalue weighted by Crippen LogP contribution is 2.44. The first kappa shape index (κ1) is 10.5. The topological polar surface area (TPSA) is 55.1 Å². The van der Waals surface area contributed by atoms with E-state index in [4.69, 9.17) is 5.73 Å². The predicted molar refractivity (Wildman–Crippen MR) is 53.1 cm³/mol. The minimum absolute atomic E-state index is 0.00873. The monoisotopic (exact) mass is 184 g/mol. The molecule has 0 aromatic heterocycles. The third kappa shape index (κ3) is 2.44. The molecular formula is C10H20N2O. The summed E-state index contributed by atoms with van der Waals surface area (Å²) in [7, 11) is 0. The summed E-state index contributed by atoms with van der Waals surface area (Å²) in [5.41, 5.74) is 6.00. The van der Waals surface area contributed by atoms with Crippen molar-refractivity contribution >= 4 is 5.91 Å². The van der Waals surface area contributed by atoms with Crippen molar-refractivity contribution in [3.8, 4) is 0 Å². The number of rotatable bonds is 3. The minimum atomic E-state index is -0.364. The highest BCUT2D eigenvalue weighted by molar-refractivity contribution is 5.82. The Balaban J connectivity index is 2.35. The molecule has 1 fully saturated rings. The third-order valence-electron chi connectivity index (χ3n) is 2.85. The Hall–Kier alpha value is -0.570. The summed E-state index contributed by atoms with van der Waals surface area (Å²) < 4.78 is 0. The van der Waals surface area contributed by atoms with E-state index >= 15 is 0 Å². The SMILES string of the molecule is CC(C)[C@@H](N)C(=O)NC1CC1(C)C. The molecule has 1 amide bonds. The van der Waals surface area contributed by atoms with Crippen LogP contribution in [0.4, 0.5) is 0 Å². The lowest BCUT2D eigenvalue weighted by Gasteiger charge is -2.15. The average molecular weight is 184 g/mol. The molecule has 0 saturated heterocycles. The van der Waals surface area contributed by atoms with E-state index in [1.54, 1.807) is 0 Å². The number of nitrogens with one attached hydrogen (secondary N) is 1. The van der Waals surface area contributed by atoms with Gasteiger partial charge >= 0.3 is 0 Å². The molecular weight excluding hydrogens is 164 g/mol. The maximum Gasteiger partial charge on any atom is 0.237 e. The minimum Gasteiger partial charge on any atom is -0.351 e. The molecule has 2 atom stereocenters. The first-order chi connectivity index (χ1) is 5.84. The van der Waals surface area contributed by atoms with Crippen LogP contribution in [0.3, 0.4) is 0 Å². The second kappa shape index (κ2) is 3.29. The van der Waals surface area contributed by atoms with Crippen LogP contribution in [0.5, 0.6) is 0 Å². The quantitative estimate of drug-likeness (QED) is 0.684. The van der Waals surface area contributed by atoms with Crippen molar-refractivity contribution in [2.45, 2.75) is 46.2 Å². The number of carbonyl (C=O) groups is 1. The molecule has 0 aromatic rings. The first-order valence-corrected chi connectivity index (χ1v) is 4.90. The van der Waals surface area contributed by atoms with Gasteiger partial charge in [0.25, 0.3) is 0 Å². The van der Waals surface area contributed by atoms with Crippen molar-refractivity contribution in [2.24, 2.45) is 17.1 Å². The molecule has 13 heavy (non-hydrogen) atoms. The van der Waals surface area contributed by atoms with Crippen molar-refractivity contribution in [2.75, 3.05) is 0 Å². The van der Waals surface area contributed by atoms with Crippen LogP contribution in [-0.2, 0) is 4.79 Å². The zero-order valence-electron chi connectivity index (χ0n) is 8.92. The molecule has 0 aromatic carbocycles. The van der Waals surface area contributed by atoms with E-state index in [0.717, 1.165) is 6.42 Å². The molecule has 3 N–H and O–H groups in total. The lowest BCUT2D eigenvalue weighted by atomic mass is 10.0. The molecule has 1 rings (SSSR count). The summed E-state index contributed by atoms with van der Waals surface area (Å²) in [6, 6.07) is -0.0267. The van der Waals surface area contributed by atoms with Crippen LogP contribution in [0.2, 0.25) is 0 Å². The standard InChI is InChI=1S/C10H20N2O/c1-6(2)8(11)9(13)12-7-5-10(7,3)4/h6-8H,5,11H2,1-4H3,(H,12,13)/t7?,8-/m1/s1. The Morgan fingerprint density at radius 1 is 1.54 bits per heavy atom. The van der Waals surface area contributed by atoms with Crippen molar-refractivity contribution in [1.82, 2.24) is 5.32 Å². The van der Waals surface area contributed by atoms with Crippen LogP contribution < -0.4 is 11.1 Å². The van der Waals surface area contributed by atoms with Crippen LogP contribution >= 0.6 is 0 Å². The zero-order chi connectivity index (χ0) is 10.2. The fourth-order valence-corrected chi connectivity index (χ4v) is 1.28. The summed E-state index contributed by atoms with van der Waals surface area (Å²) >= 11 is 0. The number of hydrogen-bond acceptors (Lipinski definition) is 2. The van der Waals surface area contributed by atoms with Gasteiger partial charge in [0.1, 0.15) is 0 Å². The molecule has 0 radical (unpaired) electrons. The summed E-state index contributed by atoms with van der Waals surface area (Å²) in [6.45, 7) is 8.22. The van der Waals surface area contributed by atoms with Crippen LogP contribution in [0, 0.1) is 11.3 Å². The normalized spacial score (nSPS) is 27.1. The molecule has 0 bridgehead atoms. The van der Waals surface area contributed by atoms with Crippen LogP contribution in [0.25, 0.3) is 0 Å². The van der Waals surface area contributed by atoms with Gasteiger partial charge < -0.3 is 11.1 Å². The van der Waals surface area contributed by atoms with E-state index in [1.165, 1.54) is 0 Å². The maximum absolute atomic E-state index is 11.5. The highest BCUT2D eigenvalue weighted by atomic mass is 16.2. The fraction of sp³-hybridized carbons (Fsp3) is 0.900. The molecule has 3 nitrogen and oxygen atoms in total. The number of nitrogens with two attached hydrogens (primary N) is 1. The van der Waals surface area contributed by atoms with Gasteiger partial charge in [-0.15, -0.1) is 0 Å². The van der Waals surface area contributed by atoms with Crippen LogP contribution in [0.1, 0.15) is 34.1 Å².